The fourth-order valence-corrected chi connectivity index (χ4v) is 1.26. The monoisotopic (exact) mass is 222 g/mol. The number of aromatic nitrogens is 2. The Morgan fingerprint density at radius 2 is 2.12 bits per heavy atom. The second-order valence-electron chi connectivity index (χ2n) is 3.47. The van der Waals surface area contributed by atoms with E-state index in [2.05, 4.69) is 14.9 Å². The van der Waals surface area contributed by atoms with E-state index in [4.69, 9.17) is 4.74 Å². The van der Waals surface area contributed by atoms with Crippen molar-refractivity contribution in [3.8, 4) is 5.75 Å². The van der Waals surface area contributed by atoms with E-state index in [0.717, 1.165) is 0 Å². The maximum absolute atomic E-state index is 13.5. The van der Waals surface area contributed by atoms with Gasteiger partial charge in [0.2, 0.25) is 0 Å². The topological polar surface area (TPSA) is 48.2 Å². The summed E-state index contributed by atoms with van der Waals surface area (Å²) < 4.78 is 23.4. The first-order chi connectivity index (χ1) is 7.68. The average Bonchev–Trinajstić information content (AvgIpc) is 2.67. The van der Waals surface area contributed by atoms with Crippen LogP contribution in [0.25, 0.3) is 0 Å². The van der Waals surface area contributed by atoms with Crippen molar-refractivity contribution in [2.24, 2.45) is 0 Å². The van der Waals surface area contributed by atoms with Crippen molar-refractivity contribution in [3.63, 3.8) is 0 Å². The molecular weight excluding hydrogens is 211 g/mol. The summed E-state index contributed by atoms with van der Waals surface area (Å²) in [5, 5.41) is 7.26. The second-order valence-corrected chi connectivity index (χ2v) is 3.47. The molecule has 16 heavy (non-hydrogen) atoms. The number of aryl methyl sites for hydroxylation is 2. The van der Waals surface area contributed by atoms with E-state index >= 15 is 0 Å². The zero-order valence-electron chi connectivity index (χ0n) is 9.03. The Kier molecular flexibility index (Phi) is 2.85. The number of ether oxygens (including phenoxy) is 1. The van der Waals surface area contributed by atoms with Gasteiger partial charge in [-0.3, -0.25) is 0 Å². The van der Waals surface area contributed by atoms with Crippen molar-refractivity contribution in [1.82, 2.24) is 10.3 Å². The quantitative estimate of drug-likeness (QED) is 0.800. The van der Waals surface area contributed by atoms with Crippen LogP contribution in [-0.4, -0.2) is 10.3 Å². The fraction of sp³-hybridized carbons (Fsp3) is 0.273. The summed E-state index contributed by atoms with van der Waals surface area (Å²) >= 11 is 0. The molecule has 1 aromatic carbocycles. The Bertz CT molecular complexity index is 496. The van der Waals surface area contributed by atoms with E-state index in [0.29, 0.717) is 17.0 Å². The zero-order valence-corrected chi connectivity index (χ0v) is 9.03. The highest BCUT2D eigenvalue weighted by molar-refractivity contribution is 5.30. The summed E-state index contributed by atoms with van der Waals surface area (Å²) in [6.07, 6.45) is 0. The summed E-state index contributed by atoms with van der Waals surface area (Å²) in [4.78, 5) is 0. The molecule has 0 saturated heterocycles. The predicted molar refractivity (Wildman–Crippen MR) is 54.5 cm³/mol. The molecule has 0 spiro atoms. The lowest BCUT2D eigenvalue weighted by molar-refractivity contribution is 0.262. The average molecular weight is 222 g/mol. The molecule has 4 nitrogen and oxygen atoms in total. The highest BCUT2D eigenvalue weighted by atomic mass is 19.1. The molecule has 0 amide bonds. The van der Waals surface area contributed by atoms with Gasteiger partial charge >= 0.3 is 0 Å². The third-order valence-corrected chi connectivity index (χ3v) is 2.27. The first-order valence-electron chi connectivity index (χ1n) is 4.84. The van der Waals surface area contributed by atoms with E-state index in [1.54, 1.807) is 32.0 Å². The maximum Gasteiger partial charge on any atom is 0.167 e. The number of nitrogens with zero attached hydrogens (tertiary/aromatic N) is 2. The van der Waals surface area contributed by atoms with Crippen LogP contribution < -0.4 is 4.74 Å². The summed E-state index contributed by atoms with van der Waals surface area (Å²) in [6.45, 7) is 3.59. The minimum Gasteiger partial charge on any atom is -0.484 e. The van der Waals surface area contributed by atoms with Crippen molar-refractivity contribution in [2.75, 3.05) is 0 Å². The number of benzene rings is 1. The van der Waals surface area contributed by atoms with Gasteiger partial charge in [0.15, 0.2) is 11.6 Å². The summed E-state index contributed by atoms with van der Waals surface area (Å²) in [5.74, 6) is -0.140. The molecule has 0 aliphatic heterocycles. The van der Waals surface area contributed by atoms with Crippen LogP contribution in [0.2, 0.25) is 0 Å². The maximum atomic E-state index is 13.5. The number of hydrogen-bond acceptors (Lipinski definition) is 4. The van der Waals surface area contributed by atoms with Crippen molar-refractivity contribution in [1.29, 1.82) is 0 Å². The van der Waals surface area contributed by atoms with Crippen molar-refractivity contribution in [3.05, 3.63) is 41.0 Å². The van der Waals surface area contributed by atoms with Gasteiger partial charge in [0.25, 0.3) is 0 Å². The number of rotatable bonds is 3. The molecule has 84 valence electrons. The molecule has 1 heterocycles. The Labute approximate surface area is 92.0 Å². The molecule has 0 N–H and O–H groups in total. The smallest absolute Gasteiger partial charge is 0.167 e. The van der Waals surface area contributed by atoms with Crippen LogP contribution in [0.5, 0.6) is 5.75 Å². The van der Waals surface area contributed by atoms with Crippen molar-refractivity contribution >= 4 is 0 Å². The Morgan fingerprint density at radius 1 is 1.31 bits per heavy atom. The van der Waals surface area contributed by atoms with E-state index in [9.17, 15) is 4.39 Å². The Morgan fingerprint density at radius 3 is 2.81 bits per heavy atom. The highest BCUT2D eigenvalue weighted by Gasteiger charge is 2.09. The molecule has 0 bridgehead atoms. The minimum atomic E-state index is -0.350. The van der Waals surface area contributed by atoms with Crippen molar-refractivity contribution in [2.45, 2.75) is 20.5 Å². The van der Waals surface area contributed by atoms with E-state index in [-0.39, 0.29) is 18.2 Å². The van der Waals surface area contributed by atoms with Gasteiger partial charge in [-0.1, -0.05) is 22.4 Å². The lowest BCUT2D eigenvalue weighted by Crippen LogP contribution is -2.00. The highest BCUT2D eigenvalue weighted by Crippen LogP contribution is 2.20. The van der Waals surface area contributed by atoms with Gasteiger partial charge in [-0.25, -0.2) is 9.02 Å². The molecule has 0 fully saturated rings. The molecule has 2 rings (SSSR count). The van der Waals surface area contributed by atoms with Gasteiger partial charge in [0.05, 0.1) is 0 Å². The molecule has 2 aromatic rings. The third kappa shape index (κ3) is 2.03. The Hall–Kier alpha value is -1.91. The van der Waals surface area contributed by atoms with E-state index < -0.39 is 0 Å². The van der Waals surface area contributed by atoms with Crippen LogP contribution in [0.3, 0.4) is 0 Å². The van der Waals surface area contributed by atoms with Crippen molar-refractivity contribution < 1.29 is 13.8 Å². The van der Waals surface area contributed by atoms with Gasteiger partial charge in [0.1, 0.15) is 18.0 Å². The molecule has 0 atom stereocenters. The predicted octanol–water partition coefficient (Wildman–Crippen LogP) is 2.40. The minimum absolute atomic E-state index is 0.149. The number of halogens is 1. The van der Waals surface area contributed by atoms with Crippen LogP contribution in [0.4, 0.5) is 4.39 Å². The first kappa shape index (κ1) is 10.6. The lowest BCUT2D eigenvalue weighted by Gasteiger charge is -2.06. The lowest BCUT2D eigenvalue weighted by atomic mass is 10.2. The van der Waals surface area contributed by atoms with Crippen LogP contribution in [0.15, 0.2) is 22.8 Å². The zero-order chi connectivity index (χ0) is 11.5. The Balaban J connectivity index is 2.11. The standard InChI is InChI=1S/C11H11FN2O2/c1-7-4-3-5-10(11(7)12)15-6-9-8(2)13-16-14-9/h3-5H,6H2,1-2H3. The fourth-order valence-electron chi connectivity index (χ4n) is 1.26. The molecule has 5 heteroatoms. The molecular formula is C11H11FN2O2. The van der Waals surface area contributed by atoms with E-state index in [1.807, 2.05) is 0 Å². The number of hydrogen-bond donors (Lipinski definition) is 0. The third-order valence-electron chi connectivity index (χ3n) is 2.27. The van der Waals surface area contributed by atoms with Crippen LogP contribution in [0.1, 0.15) is 17.0 Å². The second kappa shape index (κ2) is 4.30. The van der Waals surface area contributed by atoms with Crippen LogP contribution >= 0.6 is 0 Å². The summed E-state index contributed by atoms with van der Waals surface area (Å²) in [5.41, 5.74) is 1.77. The van der Waals surface area contributed by atoms with E-state index in [1.165, 1.54) is 0 Å². The van der Waals surface area contributed by atoms with Gasteiger partial charge in [-0.15, -0.1) is 0 Å². The first-order valence-corrected chi connectivity index (χ1v) is 4.84. The normalized spacial score (nSPS) is 10.4. The largest absolute Gasteiger partial charge is 0.484 e. The molecule has 0 aliphatic rings. The molecule has 0 saturated carbocycles. The van der Waals surface area contributed by atoms with Gasteiger partial charge in [-0.2, -0.15) is 0 Å². The molecule has 0 aliphatic carbocycles. The summed E-state index contributed by atoms with van der Waals surface area (Å²) in [6, 6.07) is 5.00. The van der Waals surface area contributed by atoms with Gasteiger partial charge < -0.3 is 4.74 Å². The molecule has 0 unspecified atom stereocenters. The van der Waals surface area contributed by atoms with Gasteiger partial charge in [0, 0.05) is 0 Å². The SMILES string of the molecule is Cc1cccc(OCc2nonc2C)c1F. The van der Waals surface area contributed by atoms with Crippen LogP contribution in [0, 0.1) is 19.7 Å². The summed E-state index contributed by atoms with van der Waals surface area (Å²) in [7, 11) is 0. The van der Waals surface area contributed by atoms with Crippen LogP contribution in [-0.2, 0) is 6.61 Å². The molecule has 0 radical (unpaired) electrons. The molecule has 1 aromatic heterocycles. The van der Waals surface area contributed by atoms with Gasteiger partial charge in [-0.05, 0) is 25.5 Å².